The number of nitrogens with zero attached hydrogens (tertiary/aromatic N) is 2. The largest absolute Gasteiger partial charge is 0.406 e. The van der Waals surface area contributed by atoms with Crippen LogP contribution in [0.5, 0.6) is 0 Å². The molecule has 0 fully saturated rings. The lowest BCUT2D eigenvalue weighted by Gasteiger charge is -2.27. The Morgan fingerprint density at radius 2 is 1.80 bits per heavy atom. The maximum absolute atomic E-state index is 12.5. The SMILES string of the molecule is CC(CCCN)C(=O)N(CC(=O)N(C)C)CC(F)(F)F. The summed E-state index contributed by atoms with van der Waals surface area (Å²) < 4.78 is 37.5. The van der Waals surface area contributed by atoms with Crippen LogP contribution in [0, 0.1) is 5.92 Å². The molecule has 118 valence electrons. The maximum Gasteiger partial charge on any atom is 0.406 e. The quantitative estimate of drug-likeness (QED) is 0.757. The molecule has 5 nitrogen and oxygen atoms in total. The van der Waals surface area contributed by atoms with Gasteiger partial charge in [-0.1, -0.05) is 6.92 Å². The maximum atomic E-state index is 12.5. The first kappa shape index (κ1) is 18.7. The lowest BCUT2D eigenvalue weighted by atomic mass is 10.0. The van der Waals surface area contributed by atoms with E-state index in [0.29, 0.717) is 24.3 Å². The second kappa shape index (κ2) is 8.08. The third-order valence-electron chi connectivity index (χ3n) is 2.77. The minimum absolute atomic E-state index is 0.369. The second-order valence-corrected chi connectivity index (χ2v) is 4.93. The van der Waals surface area contributed by atoms with Crippen molar-refractivity contribution >= 4 is 11.8 Å². The van der Waals surface area contributed by atoms with Crippen LogP contribution < -0.4 is 5.73 Å². The molecular weight excluding hydrogens is 275 g/mol. The summed E-state index contributed by atoms with van der Waals surface area (Å²) in [6.07, 6.45) is -3.58. The Morgan fingerprint density at radius 1 is 1.25 bits per heavy atom. The van der Waals surface area contributed by atoms with Gasteiger partial charge < -0.3 is 15.5 Å². The number of alkyl halides is 3. The van der Waals surface area contributed by atoms with Crippen molar-refractivity contribution in [2.24, 2.45) is 11.7 Å². The zero-order chi connectivity index (χ0) is 15.9. The van der Waals surface area contributed by atoms with Crippen LogP contribution in [0.3, 0.4) is 0 Å². The summed E-state index contributed by atoms with van der Waals surface area (Å²) in [4.78, 5) is 25.2. The number of hydrogen-bond donors (Lipinski definition) is 1. The molecule has 20 heavy (non-hydrogen) atoms. The molecule has 0 aliphatic heterocycles. The van der Waals surface area contributed by atoms with Crippen LogP contribution in [-0.4, -0.2) is 61.5 Å². The van der Waals surface area contributed by atoms with Crippen LogP contribution >= 0.6 is 0 Å². The van der Waals surface area contributed by atoms with E-state index in [4.69, 9.17) is 5.73 Å². The number of likely N-dealkylation sites (N-methyl/N-ethyl adjacent to an activating group) is 1. The van der Waals surface area contributed by atoms with Gasteiger partial charge in [-0.3, -0.25) is 9.59 Å². The fourth-order valence-electron chi connectivity index (χ4n) is 1.59. The molecule has 1 unspecified atom stereocenters. The average Bonchev–Trinajstić information content (AvgIpc) is 2.32. The third kappa shape index (κ3) is 7.32. The molecule has 0 spiro atoms. The summed E-state index contributed by atoms with van der Waals surface area (Å²) in [6.45, 7) is -0.0777. The van der Waals surface area contributed by atoms with E-state index in [1.54, 1.807) is 6.92 Å². The molecule has 0 aromatic heterocycles. The van der Waals surface area contributed by atoms with Gasteiger partial charge in [0.2, 0.25) is 11.8 Å². The molecule has 2 N–H and O–H groups in total. The van der Waals surface area contributed by atoms with Crippen LogP contribution in [0.15, 0.2) is 0 Å². The van der Waals surface area contributed by atoms with Crippen molar-refractivity contribution in [1.82, 2.24) is 9.80 Å². The van der Waals surface area contributed by atoms with Gasteiger partial charge in [-0.15, -0.1) is 0 Å². The molecule has 0 bridgehead atoms. The first-order chi connectivity index (χ1) is 9.08. The lowest BCUT2D eigenvalue weighted by molar-refractivity contribution is -0.166. The van der Waals surface area contributed by atoms with Crippen LogP contribution in [0.4, 0.5) is 13.2 Å². The summed E-state index contributed by atoms with van der Waals surface area (Å²) in [7, 11) is 2.85. The molecule has 0 heterocycles. The van der Waals surface area contributed by atoms with Gasteiger partial charge >= 0.3 is 6.18 Å². The molecule has 0 aliphatic carbocycles. The number of halogens is 3. The molecule has 0 saturated heterocycles. The van der Waals surface area contributed by atoms with E-state index < -0.39 is 37.0 Å². The minimum atomic E-state index is -4.53. The van der Waals surface area contributed by atoms with E-state index >= 15 is 0 Å². The Hall–Kier alpha value is -1.31. The minimum Gasteiger partial charge on any atom is -0.347 e. The predicted octanol–water partition coefficient (Wildman–Crippen LogP) is 0.841. The molecule has 1 atom stereocenters. The molecule has 0 aliphatic rings. The van der Waals surface area contributed by atoms with E-state index in [9.17, 15) is 22.8 Å². The van der Waals surface area contributed by atoms with Gasteiger partial charge in [-0.05, 0) is 19.4 Å². The smallest absolute Gasteiger partial charge is 0.347 e. The van der Waals surface area contributed by atoms with Crippen molar-refractivity contribution in [1.29, 1.82) is 0 Å². The monoisotopic (exact) mass is 297 g/mol. The Bertz CT molecular complexity index is 332. The number of amides is 2. The number of carbonyl (C=O) groups excluding carboxylic acids is 2. The number of nitrogens with two attached hydrogens (primary N) is 1. The van der Waals surface area contributed by atoms with Crippen molar-refractivity contribution in [3.63, 3.8) is 0 Å². The molecule has 0 saturated carbocycles. The Labute approximate surface area is 116 Å². The average molecular weight is 297 g/mol. The summed E-state index contributed by atoms with van der Waals surface area (Å²) in [5.74, 6) is -1.81. The highest BCUT2D eigenvalue weighted by atomic mass is 19.4. The van der Waals surface area contributed by atoms with Crippen molar-refractivity contribution in [2.45, 2.75) is 25.9 Å². The zero-order valence-electron chi connectivity index (χ0n) is 12.0. The van der Waals surface area contributed by atoms with Gasteiger partial charge in [0.25, 0.3) is 0 Å². The molecule has 0 radical (unpaired) electrons. The first-order valence-electron chi connectivity index (χ1n) is 6.34. The standard InChI is InChI=1S/C12H22F3N3O2/c1-9(5-4-6-16)11(20)18(8-12(13,14)15)7-10(19)17(2)3/h9H,4-8,16H2,1-3H3. The fraction of sp³-hybridized carbons (Fsp3) is 0.833. The van der Waals surface area contributed by atoms with Crippen molar-refractivity contribution in [3.05, 3.63) is 0 Å². The number of carbonyl (C=O) groups is 2. The topological polar surface area (TPSA) is 66.6 Å². The van der Waals surface area contributed by atoms with E-state index in [-0.39, 0.29) is 0 Å². The Morgan fingerprint density at radius 3 is 2.20 bits per heavy atom. The second-order valence-electron chi connectivity index (χ2n) is 4.93. The summed E-state index contributed by atoms with van der Waals surface area (Å²) >= 11 is 0. The summed E-state index contributed by atoms with van der Waals surface area (Å²) in [6, 6.07) is 0. The molecule has 0 rings (SSSR count). The van der Waals surface area contributed by atoms with Gasteiger partial charge in [0.05, 0.1) is 0 Å². The Kier molecular flexibility index (Phi) is 7.55. The summed E-state index contributed by atoms with van der Waals surface area (Å²) in [5, 5.41) is 0. The van der Waals surface area contributed by atoms with Crippen LogP contribution in [0.1, 0.15) is 19.8 Å². The van der Waals surface area contributed by atoms with Crippen LogP contribution in [0.2, 0.25) is 0 Å². The van der Waals surface area contributed by atoms with E-state index in [1.165, 1.54) is 14.1 Å². The zero-order valence-corrected chi connectivity index (χ0v) is 12.0. The highest BCUT2D eigenvalue weighted by Crippen LogP contribution is 2.19. The highest BCUT2D eigenvalue weighted by Gasteiger charge is 2.35. The molecule has 0 aromatic carbocycles. The molecule has 8 heteroatoms. The lowest BCUT2D eigenvalue weighted by Crippen LogP contribution is -2.46. The first-order valence-corrected chi connectivity index (χ1v) is 6.34. The van der Waals surface area contributed by atoms with E-state index in [0.717, 1.165) is 4.90 Å². The normalized spacial score (nSPS) is 12.9. The van der Waals surface area contributed by atoms with Gasteiger partial charge in [-0.25, -0.2) is 0 Å². The number of rotatable bonds is 7. The van der Waals surface area contributed by atoms with Crippen LogP contribution in [-0.2, 0) is 9.59 Å². The van der Waals surface area contributed by atoms with Gasteiger partial charge in [0.15, 0.2) is 0 Å². The predicted molar refractivity (Wildman–Crippen MR) is 68.8 cm³/mol. The molecular formula is C12H22F3N3O2. The van der Waals surface area contributed by atoms with Gasteiger partial charge in [0, 0.05) is 20.0 Å². The van der Waals surface area contributed by atoms with E-state index in [1.807, 2.05) is 0 Å². The molecule has 2 amide bonds. The Balaban J connectivity index is 4.82. The summed E-state index contributed by atoms with van der Waals surface area (Å²) in [5.41, 5.74) is 5.31. The van der Waals surface area contributed by atoms with Crippen molar-refractivity contribution in [2.75, 3.05) is 33.7 Å². The third-order valence-corrected chi connectivity index (χ3v) is 2.77. The van der Waals surface area contributed by atoms with E-state index in [2.05, 4.69) is 0 Å². The van der Waals surface area contributed by atoms with Crippen LogP contribution in [0.25, 0.3) is 0 Å². The molecule has 0 aromatic rings. The van der Waals surface area contributed by atoms with Gasteiger partial charge in [-0.2, -0.15) is 13.2 Å². The van der Waals surface area contributed by atoms with Crippen molar-refractivity contribution in [3.8, 4) is 0 Å². The van der Waals surface area contributed by atoms with Crippen molar-refractivity contribution < 1.29 is 22.8 Å². The fourth-order valence-corrected chi connectivity index (χ4v) is 1.59. The number of hydrogen-bond acceptors (Lipinski definition) is 3. The highest BCUT2D eigenvalue weighted by molar-refractivity contribution is 5.85. The van der Waals surface area contributed by atoms with Gasteiger partial charge in [0.1, 0.15) is 13.1 Å².